The van der Waals surface area contributed by atoms with E-state index in [0.29, 0.717) is 5.69 Å². The molecule has 0 aliphatic rings. The monoisotopic (exact) mass is 287 g/mol. The molecule has 0 spiro atoms. The van der Waals surface area contributed by atoms with Crippen LogP contribution in [0.15, 0.2) is 24.4 Å². The lowest BCUT2D eigenvalue weighted by Gasteiger charge is -2.11. The van der Waals surface area contributed by atoms with E-state index in [2.05, 4.69) is 15.7 Å². The van der Waals surface area contributed by atoms with E-state index >= 15 is 0 Å². The SMILES string of the molecule is Cc1cccc(NC(=O)Nc2cn(C)nc2C(N)=O)c1C. The Balaban J connectivity index is 2.16. The lowest BCUT2D eigenvalue weighted by atomic mass is 10.1. The molecule has 1 aromatic carbocycles. The Bertz CT molecular complexity index is 705. The van der Waals surface area contributed by atoms with Crippen LogP contribution < -0.4 is 16.4 Å². The minimum Gasteiger partial charge on any atom is -0.364 e. The van der Waals surface area contributed by atoms with Gasteiger partial charge in [-0.1, -0.05) is 12.1 Å². The number of amides is 3. The molecule has 0 saturated carbocycles. The van der Waals surface area contributed by atoms with Gasteiger partial charge in [0.2, 0.25) is 0 Å². The number of nitrogens with two attached hydrogens (primary N) is 1. The van der Waals surface area contributed by atoms with Gasteiger partial charge < -0.3 is 16.4 Å². The van der Waals surface area contributed by atoms with E-state index in [1.54, 1.807) is 13.1 Å². The molecule has 0 bridgehead atoms. The van der Waals surface area contributed by atoms with Crippen LogP contribution in [0.3, 0.4) is 0 Å². The Morgan fingerprint density at radius 2 is 1.86 bits per heavy atom. The summed E-state index contributed by atoms with van der Waals surface area (Å²) in [4.78, 5) is 23.3. The molecule has 2 aromatic rings. The third-order valence-corrected chi connectivity index (χ3v) is 3.16. The second-order valence-corrected chi connectivity index (χ2v) is 4.76. The van der Waals surface area contributed by atoms with Gasteiger partial charge in [-0.2, -0.15) is 5.10 Å². The van der Waals surface area contributed by atoms with E-state index in [1.165, 1.54) is 10.9 Å². The molecule has 21 heavy (non-hydrogen) atoms. The molecule has 4 N–H and O–H groups in total. The van der Waals surface area contributed by atoms with Crippen LogP contribution in [0.25, 0.3) is 0 Å². The Labute approximate surface area is 122 Å². The van der Waals surface area contributed by atoms with Gasteiger partial charge in [0.25, 0.3) is 5.91 Å². The fourth-order valence-electron chi connectivity index (χ4n) is 1.92. The van der Waals surface area contributed by atoms with Crippen LogP contribution in [0.5, 0.6) is 0 Å². The molecule has 3 amide bonds. The van der Waals surface area contributed by atoms with Crippen LogP contribution in [-0.2, 0) is 7.05 Å². The van der Waals surface area contributed by atoms with Gasteiger partial charge in [0, 0.05) is 18.9 Å². The Hall–Kier alpha value is -2.83. The number of carbonyl (C=O) groups is 2. The average molecular weight is 287 g/mol. The van der Waals surface area contributed by atoms with Gasteiger partial charge in [-0.3, -0.25) is 9.48 Å². The molecule has 0 radical (unpaired) electrons. The van der Waals surface area contributed by atoms with Gasteiger partial charge in [-0.15, -0.1) is 0 Å². The number of carbonyl (C=O) groups excluding carboxylic acids is 2. The molecule has 0 unspecified atom stereocenters. The number of rotatable bonds is 3. The largest absolute Gasteiger partial charge is 0.364 e. The Morgan fingerprint density at radius 1 is 1.19 bits per heavy atom. The smallest absolute Gasteiger partial charge is 0.323 e. The fourth-order valence-corrected chi connectivity index (χ4v) is 1.92. The number of aryl methyl sites for hydroxylation is 2. The number of hydrogen-bond donors (Lipinski definition) is 3. The highest BCUT2D eigenvalue weighted by molar-refractivity contribution is 6.05. The summed E-state index contributed by atoms with van der Waals surface area (Å²) in [6.45, 7) is 3.88. The zero-order valence-electron chi connectivity index (χ0n) is 12.1. The minimum atomic E-state index is -0.697. The highest BCUT2D eigenvalue weighted by atomic mass is 16.2. The Morgan fingerprint density at radius 3 is 2.52 bits per heavy atom. The number of primary amides is 1. The first-order chi connectivity index (χ1) is 9.88. The quantitative estimate of drug-likeness (QED) is 0.801. The maximum absolute atomic E-state index is 12.0. The summed E-state index contributed by atoms with van der Waals surface area (Å²) in [5, 5.41) is 9.21. The van der Waals surface area contributed by atoms with Crippen molar-refractivity contribution in [3.63, 3.8) is 0 Å². The molecule has 0 aliphatic carbocycles. The predicted octanol–water partition coefficient (Wildman–Crippen LogP) is 1.78. The third-order valence-electron chi connectivity index (χ3n) is 3.16. The van der Waals surface area contributed by atoms with Crippen molar-refractivity contribution in [3.8, 4) is 0 Å². The van der Waals surface area contributed by atoms with Gasteiger partial charge in [-0.25, -0.2) is 4.79 Å². The second kappa shape index (κ2) is 5.66. The summed E-state index contributed by atoms with van der Waals surface area (Å²) in [5.74, 6) is -0.697. The van der Waals surface area contributed by atoms with Crippen LogP contribution >= 0.6 is 0 Å². The van der Waals surface area contributed by atoms with E-state index in [0.717, 1.165) is 11.1 Å². The average Bonchev–Trinajstić information content (AvgIpc) is 2.76. The van der Waals surface area contributed by atoms with Crippen molar-refractivity contribution in [2.75, 3.05) is 10.6 Å². The molecule has 110 valence electrons. The number of anilines is 2. The number of hydrogen-bond acceptors (Lipinski definition) is 3. The van der Waals surface area contributed by atoms with Gasteiger partial charge in [0.1, 0.15) is 0 Å². The van der Waals surface area contributed by atoms with Crippen molar-refractivity contribution in [2.45, 2.75) is 13.8 Å². The standard InChI is InChI=1S/C14H17N5O2/c1-8-5-4-6-10(9(8)2)16-14(21)17-11-7-19(3)18-12(11)13(15)20/h4-7H,1-3H3,(H2,15,20)(H2,16,17,21). The van der Waals surface area contributed by atoms with Gasteiger partial charge in [0.05, 0.1) is 5.69 Å². The first-order valence-corrected chi connectivity index (χ1v) is 6.36. The maximum Gasteiger partial charge on any atom is 0.323 e. The zero-order valence-corrected chi connectivity index (χ0v) is 12.1. The molecule has 7 heteroatoms. The van der Waals surface area contributed by atoms with E-state index in [9.17, 15) is 9.59 Å². The summed E-state index contributed by atoms with van der Waals surface area (Å²) < 4.78 is 1.41. The highest BCUT2D eigenvalue weighted by Crippen LogP contribution is 2.19. The molecular weight excluding hydrogens is 270 g/mol. The highest BCUT2D eigenvalue weighted by Gasteiger charge is 2.15. The summed E-state index contributed by atoms with van der Waals surface area (Å²) in [6, 6.07) is 5.17. The molecule has 0 aliphatic heterocycles. The fraction of sp³-hybridized carbons (Fsp3) is 0.214. The van der Waals surface area contributed by atoms with Crippen molar-refractivity contribution in [1.82, 2.24) is 9.78 Å². The molecule has 0 fully saturated rings. The van der Waals surface area contributed by atoms with E-state index in [4.69, 9.17) is 5.73 Å². The summed E-state index contributed by atoms with van der Waals surface area (Å²) in [5.41, 5.74) is 8.27. The molecular formula is C14H17N5O2. The van der Waals surface area contributed by atoms with Crippen molar-refractivity contribution < 1.29 is 9.59 Å². The van der Waals surface area contributed by atoms with E-state index < -0.39 is 11.9 Å². The van der Waals surface area contributed by atoms with Crippen LogP contribution in [0, 0.1) is 13.8 Å². The van der Waals surface area contributed by atoms with Crippen LogP contribution in [0.1, 0.15) is 21.6 Å². The maximum atomic E-state index is 12.0. The first-order valence-electron chi connectivity index (χ1n) is 6.36. The molecule has 0 atom stereocenters. The molecule has 1 heterocycles. The summed E-state index contributed by atoms with van der Waals surface area (Å²) in [6.07, 6.45) is 1.52. The van der Waals surface area contributed by atoms with Crippen molar-refractivity contribution >= 4 is 23.3 Å². The number of aromatic nitrogens is 2. The Kier molecular flexibility index (Phi) is 3.93. The third kappa shape index (κ3) is 3.19. The van der Waals surface area contributed by atoms with Crippen LogP contribution in [0.4, 0.5) is 16.2 Å². The van der Waals surface area contributed by atoms with Crippen LogP contribution in [0.2, 0.25) is 0 Å². The molecule has 1 aromatic heterocycles. The zero-order chi connectivity index (χ0) is 15.6. The number of nitrogens with zero attached hydrogens (tertiary/aromatic N) is 2. The van der Waals surface area contributed by atoms with Gasteiger partial charge in [0.15, 0.2) is 5.69 Å². The van der Waals surface area contributed by atoms with Crippen molar-refractivity contribution in [1.29, 1.82) is 0 Å². The van der Waals surface area contributed by atoms with Crippen molar-refractivity contribution in [3.05, 3.63) is 41.2 Å². The normalized spacial score (nSPS) is 10.2. The molecule has 7 nitrogen and oxygen atoms in total. The molecule has 0 saturated heterocycles. The lowest BCUT2D eigenvalue weighted by Crippen LogP contribution is -2.22. The topological polar surface area (TPSA) is 102 Å². The minimum absolute atomic E-state index is 0.0219. The van der Waals surface area contributed by atoms with Gasteiger partial charge in [-0.05, 0) is 31.0 Å². The predicted molar refractivity (Wildman–Crippen MR) is 80.3 cm³/mol. The molecule has 2 rings (SSSR count). The van der Waals surface area contributed by atoms with E-state index in [1.807, 2.05) is 26.0 Å². The summed E-state index contributed by atoms with van der Waals surface area (Å²) >= 11 is 0. The number of nitrogens with one attached hydrogen (secondary N) is 2. The summed E-state index contributed by atoms with van der Waals surface area (Å²) in [7, 11) is 1.64. The van der Waals surface area contributed by atoms with Crippen LogP contribution in [-0.4, -0.2) is 21.7 Å². The lowest BCUT2D eigenvalue weighted by molar-refractivity contribution is 0.0995. The van der Waals surface area contributed by atoms with E-state index in [-0.39, 0.29) is 11.4 Å². The number of benzene rings is 1. The first kappa shape index (κ1) is 14.6. The van der Waals surface area contributed by atoms with Crippen molar-refractivity contribution in [2.24, 2.45) is 12.8 Å². The second-order valence-electron chi connectivity index (χ2n) is 4.76. The van der Waals surface area contributed by atoms with Gasteiger partial charge >= 0.3 is 6.03 Å². The number of urea groups is 1.